The Bertz CT molecular complexity index is 216. The van der Waals surface area contributed by atoms with Crippen LogP contribution in [0.25, 0.3) is 0 Å². The highest BCUT2D eigenvalue weighted by molar-refractivity contribution is 5.72. The van der Waals surface area contributed by atoms with Crippen LogP contribution in [0.4, 0.5) is 0 Å². The lowest BCUT2D eigenvalue weighted by Gasteiger charge is -2.32. The van der Waals surface area contributed by atoms with Crippen LogP contribution in [0.1, 0.15) is 19.8 Å². The van der Waals surface area contributed by atoms with Crippen molar-refractivity contribution in [3.05, 3.63) is 0 Å². The fraction of sp³-hybridized carbons (Fsp3) is 0.917. The summed E-state index contributed by atoms with van der Waals surface area (Å²) in [4.78, 5) is 13.1. The third-order valence-corrected chi connectivity index (χ3v) is 3.13. The van der Waals surface area contributed by atoms with E-state index < -0.39 is 0 Å². The molecule has 0 atom stereocenters. The van der Waals surface area contributed by atoms with Crippen molar-refractivity contribution in [2.24, 2.45) is 0 Å². The van der Waals surface area contributed by atoms with Crippen LogP contribution < -0.4 is 10.6 Å². The number of hydrogen-bond donors (Lipinski definition) is 2. The highest BCUT2D eigenvalue weighted by Gasteiger charge is 2.17. The Labute approximate surface area is 104 Å². The molecule has 1 aliphatic heterocycles. The van der Waals surface area contributed by atoms with Crippen LogP contribution in [-0.2, 0) is 9.53 Å². The summed E-state index contributed by atoms with van der Waals surface area (Å²) in [6.45, 7) is 7.27. The maximum atomic E-state index is 10.7. The van der Waals surface area contributed by atoms with Gasteiger partial charge in [0, 0.05) is 39.7 Å². The Morgan fingerprint density at radius 2 is 2.06 bits per heavy atom. The molecule has 0 aliphatic carbocycles. The molecular weight excluding hydrogens is 218 g/mol. The highest BCUT2D eigenvalue weighted by atomic mass is 16.5. The van der Waals surface area contributed by atoms with Crippen molar-refractivity contribution in [2.45, 2.75) is 25.8 Å². The largest absolute Gasteiger partial charge is 0.383 e. The van der Waals surface area contributed by atoms with Crippen molar-refractivity contribution in [3.63, 3.8) is 0 Å². The number of nitrogens with zero attached hydrogens (tertiary/aromatic N) is 1. The molecule has 1 heterocycles. The van der Waals surface area contributed by atoms with E-state index >= 15 is 0 Å². The lowest BCUT2D eigenvalue weighted by molar-refractivity contribution is -0.118. The van der Waals surface area contributed by atoms with E-state index in [2.05, 4.69) is 15.5 Å². The first-order valence-corrected chi connectivity index (χ1v) is 6.41. The number of likely N-dealkylation sites (tertiary alicyclic amines) is 1. The van der Waals surface area contributed by atoms with Crippen molar-refractivity contribution >= 4 is 5.91 Å². The molecule has 1 amide bonds. The molecule has 1 aliphatic rings. The van der Waals surface area contributed by atoms with E-state index in [0.29, 0.717) is 6.04 Å². The summed E-state index contributed by atoms with van der Waals surface area (Å²) < 4.78 is 5.08. The molecule has 2 N–H and O–H groups in total. The summed E-state index contributed by atoms with van der Waals surface area (Å²) in [7, 11) is 1.75. The Morgan fingerprint density at radius 1 is 1.35 bits per heavy atom. The van der Waals surface area contributed by atoms with Gasteiger partial charge in [0.05, 0.1) is 6.61 Å². The lowest BCUT2D eigenvalue weighted by atomic mass is 10.1. The van der Waals surface area contributed by atoms with Crippen LogP contribution in [0, 0.1) is 0 Å². The summed E-state index contributed by atoms with van der Waals surface area (Å²) in [5.74, 6) is 0.0428. The van der Waals surface area contributed by atoms with Gasteiger partial charge in [-0.25, -0.2) is 0 Å². The van der Waals surface area contributed by atoms with Crippen molar-refractivity contribution in [1.29, 1.82) is 0 Å². The predicted molar refractivity (Wildman–Crippen MR) is 68.0 cm³/mol. The average molecular weight is 243 g/mol. The summed E-state index contributed by atoms with van der Waals surface area (Å²) in [6.07, 6.45) is 2.37. The second-order valence-corrected chi connectivity index (χ2v) is 4.55. The van der Waals surface area contributed by atoms with Crippen molar-refractivity contribution < 1.29 is 9.53 Å². The molecule has 1 rings (SSSR count). The van der Waals surface area contributed by atoms with Gasteiger partial charge in [-0.15, -0.1) is 0 Å². The van der Waals surface area contributed by atoms with Gasteiger partial charge in [0.1, 0.15) is 0 Å². The Hall–Kier alpha value is -0.650. The topological polar surface area (TPSA) is 53.6 Å². The van der Waals surface area contributed by atoms with Crippen LogP contribution in [0.5, 0.6) is 0 Å². The van der Waals surface area contributed by atoms with Crippen molar-refractivity contribution in [3.8, 4) is 0 Å². The van der Waals surface area contributed by atoms with Gasteiger partial charge in [0.25, 0.3) is 0 Å². The van der Waals surface area contributed by atoms with Crippen molar-refractivity contribution in [1.82, 2.24) is 15.5 Å². The van der Waals surface area contributed by atoms with Crippen LogP contribution in [0.3, 0.4) is 0 Å². The number of methoxy groups -OCH3 is 1. The smallest absolute Gasteiger partial charge is 0.216 e. The van der Waals surface area contributed by atoms with E-state index in [1.54, 1.807) is 14.0 Å². The molecule has 0 aromatic heterocycles. The second kappa shape index (κ2) is 8.44. The minimum atomic E-state index is 0.0428. The van der Waals surface area contributed by atoms with E-state index in [-0.39, 0.29) is 5.91 Å². The van der Waals surface area contributed by atoms with Gasteiger partial charge in [-0.05, 0) is 25.9 Å². The molecule has 0 spiro atoms. The number of carbonyl (C=O) groups is 1. The Balaban J connectivity index is 2.01. The number of rotatable bonds is 7. The number of carbonyl (C=O) groups excluding carboxylic acids is 1. The van der Waals surface area contributed by atoms with E-state index in [4.69, 9.17) is 4.74 Å². The summed E-state index contributed by atoms with van der Waals surface area (Å²) in [5, 5.41) is 6.27. The predicted octanol–water partition coefficient (Wildman–Crippen LogP) is -0.177. The molecule has 0 unspecified atom stereocenters. The number of amides is 1. The molecule has 0 bridgehead atoms. The normalized spacial score (nSPS) is 18.2. The van der Waals surface area contributed by atoms with Crippen LogP contribution in [0.15, 0.2) is 0 Å². The van der Waals surface area contributed by atoms with Gasteiger partial charge in [-0.2, -0.15) is 0 Å². The summed E-state index contributed by atoms with van der Waals surface area (Å²) in [6, 6.07) is 0.600. The Kier molecular flexibility index (Phi) is 7.16. The molecule has 5 heteroatoms. The maximum absolute atomic E-state index is 10.7. The van der Waals surface area contributed by atoms with E-state index in [1.165, 1.54) is 12.8 Å². The zero-order valence-electron chi connectivity index (χ0n) is 11.0. The van der Waals surface area contributed by atoms with Crippen LogP contribution in [-0.4, -0.2) is 63.3 Å². The minimum absolute atomic E-state index is 0.0428. The average Bonchev–Trinajstić information content (AvgIpc) is 2.33. The zero-order chi connectivity index (χ0) is 12.5. The quantitative estimate of drug-likeness (QED) is 0.609. The van der Waals surface area contributed by atoms with Gasteiger partial charge in [-0.3, -0.25) is 4.79 Å². The lowest BCUT2D eigenvalue weighted by Crippen LogP contribution is -2.45. The molecule has 5 nitrogen and oxygen atoms in total. The van der Waals surface area contributed by atoms with Crippen LogP contribution in [0.2, 0.25) is 0 Å². The molecule has 17 heavy (non-hydrogen) atoms. The first-order chi connectivity index (χ1) is 8.22. The number of piperidine rings is 1. The second-order valence-electron chi connectivity index (χ2n) is 4.55. The Morgan fingerprint density at radius 3 is 2.65 bits per heavy atom. The third kappa shape index (κ3) is 6.61. The van der Waals surface area contributed by atoms with Gasteiger partial charge in [-0.1, -0.05) is 0 Å². The molecule has 100 valence electrons. The molecule has 0 saturated carbocycles. The van der Waals surface area contributed by atoms with Crippen LogP contribution >= 0.6 is 0 Å². The van der Waals surface area contributed by atoms with Gasteiger partial charge >= 0.3 is 0 Å². The van der Waals surface area contributed by atoms with E-state index in [0.717, 1.165) is 39.3 Å². The first-order valence-electron chi connectivity index (χ1n) is 6.41. The standard InChI is InChI=1S/C12H25N3O2/c1-11(16)13-5-6-14-12-3-7-15(8-4-12)9-10-17-2/h12,14H,3-10H2,1-2H3,(H,13,16). The van der Waals surface area contributed by atoms with E-state index in [1.807, 2.05) is 0 Å². The molecule has 1 fully saturated rings. The molecule has 0 aromatic rings. The number of ether oxygens (including phenoxy) is 1. The molecule has 0 radical (unpaired) electrons. The number of hydrogen-bond acceptors (Lipinski definition) is 4. The van der Waals surface area contributed by atoms with E-state index in [9.17, 15) is 4.79 Å². The van der Waals surface area contributed by atoms with Gasteiger partial charge < -0.3 is 20.3 Å². The van der Waals surface area contributed by atoms with Crippen molar-refractivity contribution in [2.75, 3.05) is 46.4 Å². The SMILES string of the molecule is COCCN1CCC(NCCNC(C)=O)CC1. The molecule has 0 aromatic carbocycles. The summed E-state index contributed by atoms with van der Waals surface area (Å²) >= 11 is 0. The minimum Gasteiger partial charge on any atom is -0.383 e. The summed E-state index contributed by atoms with van der Waals surface area (Å²) in [5.41, 5.74) is 0. The monoisotopic (exact) mass is 243 g/mol. The zero-order valence-corrected chi connectivity index (χ0v) is 11.0. The maximum Gasteiger partial charge on any atom is 0.216 e. The highest BCUT2D eigenvalue weighted by Crippen LogP contribution is 2.09. The fourth-order valence-corrected chi connectivity index (χ4v) is 2.10. The fourth-order valence-electron chi connectivity index (χ4n) is 2.10. The third-order valence-electron chi connectivity index (χ3n) is 3.13. The van der Waals surface area contributed by atoms with Gasteiger partial charge in [0.15, 0.2) is 0 Å². The first kappa shape index (κ1) is 14.4. The van der Waals surface area contributed by atoms with Gasteiger partial charge in [0.2, 0.25) is 5.91 Å². The molecule has 1 saturated heterocycles. The number of nitrogens with one attached hydrogen (secondary N) is 2. The molecular formula is C12H25N3O2.